The van der Waals surface area contributed by atoms with Crippen LogP contribution in [0.1, 0.15) is 15.9 Å². The molecule has 0 bridgehead atoms. The van der Waals surface area contributed by atoms with Crippen molar-refractivity contribution in [1.82, 2.24) is 5.01 Å². The number of carboxylic acids is 1. The van der Waals surface area contributed by atoms with Crippen LogP contribution in [0.25, 0.3) is 0 Å². The van der Waals surface area contributed by atoms with Gasteiger partial charge >= 0.3 is 5.97 Å². The molecule has 9 nitrogen and oxygen atoms in total. The van der Waals surface area contributed by atoms with E-state index >= 15 is 0 Å². The van der Waals surface area contributed by atoms with Crippen molar-refractivity contribution in [1.29, 1.82) is 0 Å². The average Bonchev–Trinajstić information content (AvgIpc) is 3.25. The minimum Gasteiger partial charge on any atom is -0.494 e. The molecular weight excluding hydrogens is 469 g/mol. The van der Waals surface area contributed by atoms with E-state index in [9.17, 15) is 14.7 Å². The number of anilines is 1. The summed E-state index contributed by atoms with van der Waals surface area (Å²) in [4.78, 5) is 28.8. The van der Waals surface area contributed by atoms with Gasteiger partial charge in [-0.05, 0) is 35.9 Å². The monoisotopic (exact) mass is 488 g/mol. The van der Waals surface area contributed by atoms with Crippen LogP contribution in [0.3, 0.4) is 0 Å². The number of nitrogens with two attached hydrogens (primary N) is 1. The third-order valence-electron chi connectivity index (χ3n) is 5.31. The molecule has 2 aliphatic rings. The number of hydrazine groups is 1. The first-order valence-corrected chi connectivity index (χ1v) is 10.6. The number of carboxylic acid groups (broad SMARTS) is 1. The first kappa shape index (κ1) is 22.7. The summed E-state index contributed by atoms with van der Waals surface area (Å²) in [7, 11) is 1.42. The van der Waals surface area contributed by atoms with E-state index in [1.165, 1.54) is 24.3 Å². The summed E-state index contributed by atoms with van der Waals surface area (Å²) in [5.41, 5.74) is 10.9. The Hall–Kier alpha value is -3.53. The van der Waals surface area contributed by atoms with Gasteiger partial charge in [-0.3, -0.25) is 15.2 Å². The van der Waals surface area contributed by atoms with Gasteiger partial charge in [0.05, 0.1) is 37.2 Å². The number of fused-ring (bicyclic) bond motifs is 1. The number of nitrogens with one attached hydrogen (secondary N) is 2. The highest BCUT2D eigenvalue weighted by atomic mass is 35.5. The molecule has 0 saturated heterocycles. The lowest BCUT2D eigenvalue weighted by Crippen LogP contribution is -3.11. The number of halogens is 2. The zero-order valence-corrected chi connectivity index (χ0v) is 18.9. The molecule has 11 heteroatoms. The molecule has 4 rings (SSSR count). The van der Waals surface area contributed by atoms with Gasteiger partial charge < -0.3 is 15.6 Å². The van der Waals surface area contributed by atoms with E-state index in [0.29, 0.717) is 28.0 Å². The first-order valence-electron chi connectivity index (χ1n) is 9.81. The third kappa shape index (κ3) is 4.38. The number of aromatic carboxylic acids is 1. The Kier molecular flexibility index (Phi) is 6.28. The van der Waals surface area contributed by atoms with Crippen LogP contribution in [0.15, 0.2) is 65.7 Å². The standard InChI is InChI=1S/C22H19Cl2N5O4/c1-33-18-9-12(22(31)32)5-6-17(18)27-29-11-13(10-14-15(23)3-2-4-16(14)24)28-8-7-26-21(28)19(29)20(25)30/h2-9,11,19,27H,10H2,1H3,(H2,25,30)(H,31,32)/p+1. The molecule has 2 aromatic rings. The van der Waals surface area contributed by atoms with Gasteiger partial charge in [0.25, 0.3) is 5.91 Å². The number of primary amides is 1. The number of aliphatic imine (C=N–C) groups is 1. The molecule has 5 N–H and O–H groups in total. The topological polar surface area (TPSA) is 122 Å². The van der Waals surface area contributed by atoms with Gasteiger partial charge in [-0.2, -0.15) is 0 Å². The maximum atomic E-state index is 12.4. The number of hydrogen-bond donors (Lipinski definition) is 4. The molecular formula is C22H20Cl2N5O4+. The van der Waals surface area contributed by atoms with Gasteiger partial charge in [-0.25, -0.2) is 14.7 Å². The van der Waals surface area contributed by atoms with E-state index in [1.54, 1.807) is 42.9 Å². The molecule has 2 aromatic carbocycles. The minimum absolute atomic E-state index is 0.0621. The number of ether oxygens (including phenoxy) is 1. The fraction of sp³-hybridized carbons (Fsp3) is 0.136. The van der Waals surface area contributed by atoms with Crippen LogP contribution in [-0.4, -0.2) is 41.0 Å². The highest BCUT2D eigenvalue weighted by molar-refractivity contribution is 6.36. The summed E-state index contributed by atoms with van der Waals surface area (Å²) < 4.78 is 5.34. The molecule has 2 atom stereocenters. The normalized spacial score (nSPS) is 18.9. The van der Waals surface area contributed by atoms with E-state index < -0.39 is 17.9 Å². The summed E-state index contributed by atoms with van der Waals surface area (Å²) in [6, 6.07) is 8.73. The molecule has 33 heavy (non-hydrogen) atoms. The lowest BCUT2D eigenvalue weighted by Gasteiger charge is -2.35. The number of nitrogens with zero attached hydrogens (tertiary/aromatic N) is 2. The van der Waals surface area contributed by atoms with Crippen molar-refractivity contribution in [3.63, 3.8) is 0 Å². The minimum atomic E-state index is -1.09. The number of benzene rings is 2. The molecule has 0 fully saturated rings. The van der Waals surface area contributed by atoms with Crippen molar-refractivity contribution < 1.29 is 24.3 Å². The Balaban J connectivity index is 1.75. The van der Waals surface area contributed by atoms with E-state index in [4.69, 9.17) is 33.7 Å². The second-order valence-electron chi connectivity index (χ2n) is 7.32. The van der Waals surface area contributed by atoms with Crippen LogP contribution >= 0.6 is 23.2 Å². The molecule has 170 valence electrons. The summed E-state index contributed by atoms with van der Waals surface area (Å²) in [5, 5.41) is 11.8. The Morgan fingerprint density at radius 3 is 2.64 bits per heavy atom. The summed E-state index contributed by atoms with van der Waals surface area (Å²) in [6.45, 7) is 0. The van der Waals surface area contributed by atoms with Gasteiger partial charge in [0.2, 0.25) is 11.9 Å². The molecule has 0 aromatic heterocycles. The molecule has 0 aliphatic carbocycles. The maximum absolute atomic E-state index is 12.4. The van der Waals surface area contributed by atoms with Crippen molar-refractivity contribution in [2.24, 2.45) is 10.7 Å². The number of rotatable bonds is 7. The second-order valence-corrected chi connectivity index (χ2v) is 8.13. The van der Waals surface area contributed by atoms with Gasteiger partial charge in [-0.1, -0.05) is 29.3 Å². The van der Waals surface area contributed by atoms with Crippen molar-refractivity contribution in [3.8, 4) is 5.75 Å². The predicted octanol–water partition coefficient (Wildman–Crippen LogP) is 2.05. The van der Waals surface area contributed by atoms with Gasteiger partial charge in [0.1, 0.15) is 17.6 Å². The Morgan fingerprint density at radius 1 is 1.27 bits per heavy atom. The zero-order valence-electron chi connectivity index (χ0n) is 17.4. The number of hydrogen-bond acceptors (Lipinski definition) is 6. The maximum Gasteiger partial charge on any atom is 0.335 e. The van der Waals surface area contributed by atoms with Gasteiger partial charge in [0, 0.05) is 10.0 Å². The van der Waals surface area contributed by atoms with Gasteiger partial charge in [-0.15, -0.1) is 0 Å². The highest BCUT2D eigenvalue weighted by Gasteiger charge is 2.43. The van der Waals surface area contributed by atoms with E-state index in [1.807, 2.05) is 0 Å². The van der Waals surface area contributed by atoms with Crippen LogP contribution in [0.5, 0.6) is 5.75 Å². The Bertz CT molecular complexity index is 1210. The summed E-state index contributed by atoms with van der Waals surface area (Å²) >= 11 is 12.8. The summed E-state index contributed by atoms with van der Waals surface area (Å²) in [6.07, 6.45) is 5.54. The largest absolute Gasteiger partial charge is 0.494 e. The lowest BCUT2D eigenvalue weighted by atomic mass is 10.1. The lowest BCUT2D eigenvalue weighted by molar-refractivity contribution is -0.704. The molecule has 2 heterocycles. The van der Waals surface area contributed by atoms with Crippen molar-refractivity contribution in [3.05, 3.63) is 81.9 Å². The van der Waals surface area contributed by atoms with E-state index in [0.717, 1.165) is 16.2 Å². The average molecular weight is 489 g/mol. The van der Waals surface area contributed by atoms with Crippen LogP contribution in [0.2, 0.25) is 10.0 Å². The third-order valence-corrected chi connectivity index (χ3v) is 6.01. The van der Waals surface area contributed by atoms with Crippen LogP contribution in [-0.2, 0) is 11.2 Å². The fourth-order valence-corrected chi connectivity index (χ4v) is 4.27. The van der Waals surface area contributed by atoms with Crippen LogP contribution in [0, 0.1) is 0 Å². The van der Waals surface area contributed by atoms with Crippen LogP contribution in [0.4, 0.5) is 5.69 Å². The number of allylic oxidation sites excluding steroid dienone is 1. The second kappa shape index (κ2) is 9.14. The number of methoxy groups -OCH3 is 1. The van der Waals surface area contributed by atoms with Crippen molar-refractivity contribution in [2.75, 3.05) is 12.5 Å². The highest BCUT2D eigenvalue weighted by Crippen LogP contribution is 2.29. The molecule has 0 spiro atoms. The Labute approximate surface area is 199 Å². The molecule has 0 radical (unpaired) electrons. The summed E-state index contributed by atoms with van der Waals surface area (Å²) in [5.74, 6) is -0.938. The Morgan fingerprint density at radius 2 is 2.00 bits per heavy atom. The zero-order chi connectivity index (χ0) is 23.7. The smallest absolute Gasteiger partial charge is 0.335 e. The number of amidine groups is 1. The molecule has 2 aliphatic heterocycles. The van der Waals surface area contributed by atoms with E-state index in [-0.39, 0.29) is 11.3 Å². The number of amides is 1. The fourth-order valence-electron chi connectivity index (χ4n) is 3.74. The van der Waals surface area contributed by atoms with Gasteiger partial charge in [0.15, 0.2) is 0 Å². The number of carbonyl (C=O) groups is 2. The first-order chi connectivity index (χ1) is 15.8. The SMILES string of the molecule is COc1cc(C(=O)O)ccc1NN1C=C(Cc2c(Cl)cccc2Cl)[NH+]2C=CN=C2C1C(N)=O. The quantitative estimate of drug-likeness (QED) is 0.473. The van der Waals surface area contributed by atoms with Crippen molar-refractivity contribution >= 4 is 46.6 Å². The number of carbonyl (C=O) groups excluding carboxylic acids is 1. The predicted molar refractivity (Wildman–Crippen MR) is 124 cm³/mol. The van der Waals surface area contributed by atoms with Crippen LogP contribution < -0.4 is 20.8 Å². The molecule has 0 saturated carbocycles. The molecule has 1 amide bonds. The van der Waals surface area contributed by atoms with E-state index in [2.05, 4.69) is 10.4 Å². The number of quaternary nitrogens is 1. The molecule has 2 unspecified atom stereocenters. The van der Waals surface area contributed by atoms with Crippen molar-refractivity contribution in [2.45, 2.75) is 12.5 Å².